The predicted molar refractivity (Wildman–Crippen MR) is 77.0 cm³/mol. The number of aliphatic hydroxyl groups is 1. The van der Waals surface area contributed by atoms with Crippen LogP contribution < -0.4 is 15.4 Å². The van der Waals surface area contributed by atoms with Crippen molar-refractivity contribution in [2.75, 3.05) is 13.1 Å². The number of hydrogen-bond donors (Lipinski definition) is 3. The topological polar surface area (TPSA) is 70.6 Å². The van der Waals surface area contributed by atoms with Gasteiger partial charge in [0.2, 0.25) is 5.91 Å². The Morgan fingerprint density at radius 2 is 2.45 bits per heavy atom. The summed E-state index contributed by atoms with van der Waals surface area (Å²) in [4.78, 5) is 11.8. The molecule has 1 amide bonds. The zero-order valence-corrected chi connectivity index (χ0v) is 12.1. The third-order valence-electron chi connectivity index (χ3n) is 3.12. The van der Waals surface area contributed by atoms with E-state index in [1.807, 2.05) is 19.1 Å². The van der Waals surface area contributed by atoms with E-state index < -0.39 is 6.10 Å². The van der Waals surface area contributed by atoms with Crippen LogP contribution in [0.2, 0.25) is 5.02 Å². The van der Waals surface area contributed by atoms with Gasteiger partial charge in [-0.2, -0.15) is 0 Å². The molecule has 1 fully saturated rings. The molecule has 0 spiro atoms. The first-order valence-corrected chi connectivity index (χ1v) is 7.04. The number of amides is 1. The fraction of sp³-hybridized carbons (Fsp3) is 0.500. The van der Waals surface area contributed by atoms with Gasteiger partial charge < -0.3 is 20.5 Å². The summed E-state index contributed by atoms with van der Waals surface area (Å²) in [5.41, 5.74) is 0. The van der Waals surface area contributed by atoms with Crippen molar-refractivity contribution in [1.29, 1.82) is 0 Å². The van der Waals surface area contributed by atoms with Gasteiger partial charge in [0.15, 0.2) is 0 Å². The van der Waals surface area contributed by atoms with Crippen LogP contribution in [-0.4, -0.2) is 42.4 Å². The largest absolute Gasteiger partial charge is 0.489 e. The molecule has 110 valence electrons. The monoisotopic (exact) mass is 298 g/mol. The molecule has 0 aromatic heterocycles. The molecule has 0 aliphatic carbocycles. The third kappa shape index (κ3) is 4.37. The molecule has 1 saturated heterocycles. The van der Waals surface area contributed by atoms with Gasteiger partial charge in [-0.05, 0) is 31.5 Å². The number of ether oxygens (including phenoxy) is 1. The van der Waals surface area contributed by atoms with E-state index in [2.05, 4.69) is 10.6 Å². The second kappa shape index (κ2) is 6.92. The molecule has 0 saturated carbocycles. The molecule has 3 atom stereocenters. The summed E-state index contributed by atoms with van der Waals surface area (Å²) in [6.45, 7) is 2.74. The lowest BCUT2D eigenvalue weighted by atomic mass is 10.2. The Kier molecular flexibility index (Phi) is 5.23. The fourth-order valence-corrected chi connectivity index (χ4v) is 2.28. The van der Waals surface area contributed by atoms with Crippen LogP contribution in [0.5, 0.6) is 5.75 Å². The van der Waals surface area contributed by atoms with Gasteiger partial charge in [-0.3, -0.25) is 4.79 Å². The third-order valence-corrected chi connectivity index (χ3v) is 3.36. The van der Waals surface area contributed by atoms with Gasteiger partial charge in [0.1, 0.15) is 11.9 Å². The van der Waals surface area contributed by atoms with Crippen molar-refractivity contribution in [3.05, 3.63) is 29.3 Å². The molecule has 3 N–H and O–H groups in total. The van der Waals surface area contributed by atoms with E-state index in [-0.39, 0.29) is 18.1 Å². The number of aliphatic hydroxyl groups excluding tert-OH is 1. The van der Waals surface area contributed by atoms with E-state index in [1.54, 1.807) is 12.1 Å². The molecule has 1 aliphatic heterocycles. The number of hydrogen-bond acceptors (Lipinski definition) is 4. The van der Waals surface area contributed by atoms with Crippen LogP contribution in [0.1, 0.15) is 13.3 Å². The maximum absolute atomic E-state index is 11.8. The van der Waals surface area contributed by atoms with E-state index >= 15 is 0 Å². The van der Waals surface area contributed by atoms with Crippen molar-refractivity contribution in [1.82, 2.24) is 10.6 Å². The molecular weight excluding hydrogens is 280 g/mol. The quantitative estimate of drug-likeness (QED) is 0.757. The highest BCUT2D eigenvalue weighted by Crippen LogP contribution is 2.18. The summed E-state index contributed by atoms with van der Waals surface area (Å²) in [6.07, 6.45) is -0.148. The average Bonchev–Trinajstić information content (AvgIpc) is 2.83. The predicted octanol–water partition coefficient (Wildman–Crippen LogP) is 0.946. The van der Waals surface area contributed by atoms with Crippen molar-refractivity contribution in [3.8, 4) is 5.75 Å². The smallest absolute Gasteiger partial charge is 0.237 e. The van der Waals surface area contributed by atoms with Gasteiger partial charge >= 0.3 is 0 Å². The van der Waals surface area contributed by atoms with Crippen LogP contribution in [0, 0.1) is 0 Å². The molecule has 2 rings (SSSR count). The van der Waals surface area contributed by atoms with E-state index in [0.717, 1.165) is 0 Å². The Morgan fingerprint density at radius 1 is 1.65 bits per heavy atom. The van der Waals surface area contributed by atoms with E-state index in [4.69, 9.17) is 16.3 Å². The summed E-state index contributed by atoms with van der Waals surface area (Å²) in [6, 6.07) is 6.82. The number of halogens is 1. The van der Waals surface area contributed by atoms with Crippen molar-refractivity contribution in [2.24, 2.45) is 0 Å². The lowest BCUT2D eigenvalue weighted by Crippen LogP contribution is -2.43. The Bertz CT molecular complexity index is 469. The minimum Gasteiger partial charge on any atom is -0.489 e. The molecular formula is C14H19ClN2O3. The number of rotatable bonds is 5. The maximum atomic E-state index is 11.8. The molecule has 0 radical (unpaired) electrons. The second-order valence-electron chi connectivity index (χ2n) is 4.98. The first-order chi connectivity index (χ1) is 9.54. The molecule has 3 unspecified atom stereocenters. The first-order valence-electron chi connectivity index (χ1n) is 6.66. The standard InChI is InChI=1S/C14H19ClN2O3/c1-9(20-12-4-2-3-10(15)5-12)7-17-14(19)13-6-11(18)8-16-13/h2-5,9,11,13,16,18H,6-8H2,1H3,(H,17,19). The molecule has 20 heavy (non-hydrogen) atoms. The first kappa shape index (κ1) is 15.1. The van der Waals surface area contributed by atoms with Gasteiger partial charge in [-0.15, -0.1) is 0 Å². The van der Waals surface area contributed by atoms with Crippen molar-refractivity contribution < 1.29 is 14.6 Å². The van der Waals surface area contributed by atoms with Gasteiger partial charge in [0, 0.05) is 11.6 Å². The number of nitrogens with one attached hydrogen (secondary N) is 2. The summed E-state index contributed by atoms with van der Waals surface area (Å²) in [7, 11) is 0. The molecule has 1 aliphatic rings. The van der Waals surface area contributed by atoms with Crippen molar-refractivity contribution in [2.45, 2.75) is 31.6 Å². The molecule has 5 nitrogen and oxygen atoms in total. The average molecular weight is 299 g/mol. The highest BCUT2D eigenvalue weighted by molar-refractivity contribution is 6.30. The van der Waals surface area contributed by atoms with Crippen LogP contribution in [0.25, 0.3) is 0 Å². The zero-order valence-electron chi connectivity index (χ0n) is 11.3. The Balaban J connectivity index is 1.75. The van der Waals surface area contributed by atoms with E-state index in [9.17, 15) is 9.90 Å². The van der Waals surface area contributed by atoms with E-state index in [0.29, 0.717) is 30.3 Å². The van der Waals surface area contributed by atoms with Gasteiger partial charge in [0.25, 0.3) is 0 Å². The van der Waals surface area contributed by atoms with Crippen LogP contribution in [0.4, 0.5) is 0 Å². The van der Waals surface area contributed by atoms with Gasteiger partial charge in [-0.1, -0.05) is 17.7 Å². The number of carbonyl (C=O) groups excluding carboxylic acids is 1. The van der Waals surface area contributed by atoms with Crippen LogP contribution in [-0.2, 0) is 4.79 Å². The molecule has 6 heteroatoms. The second-order valence-corrected chi connectivity index (χ2v) is 5.42. The lowest BCUT2D eigenvalue weighted by Gasteiger charge is -2.17. The maximum Gasteiger partial charge on any atom is 0.237 e. The summed E-state index contributed by atoms with van der Waals surface area (Å²) in [5.74, 6) is 0.566. The van der Waals surface area contributed by atoms with Crippen LogP contribution in [0.3, 0.4) is 0 Å². The van der Waals surface area contributed by atoms with Gasteiger partial charge in [0.05, 0.1) is 18.7 Å². The summed E-state index contributed by atoms with van der Waals surface area (Å²) >= 11 is 5.87. The molecule has 1 aromatic rings. The number of benzene rings is 1. The molecule has 1 aromatic carbocycles. The Hall–Kier alpha value is -1.30. The minimum absolute atomic E-state index is 0.108. The zero-order chi connectivity index (χ0) is 14.5. The van der Waals surface area contributed by atoms with E-state index in [1.165, 1.54) is 0 Å². The van der Waals surface area contributed by atoms with Crippen LogP contribution >= 0.6 is 11.6 Å². The Labute approximate surface area is 123 Å². The normalized spacial score (nSPS) is 23.4. The minimum atomic E-state index is -0.439. The van der Waals surface area contributed by atoms with Crippen molar-refractivity contribution >= 4 is 17.5 Å². The van der Waals surface area contributed by atoms with Crippen molar-refractivity contribution in [3.63, 3.8) is 0 Å². The molecule has 0 bridgehead atoms. The highest BCUT2D eigenvalue weighted by Gasteiger charge is 2.27. The number of β-amino-alcohol motifs (C(OH)–C–C–N with tert-alkyl or cyclic N) is 1. The van der Waals surface area contributed by atoms with Crippen LogP contribution in [0.15, 0.2) is 24.3 Å². The highest BCUT2D eigenvalue weighted by atomic mass is 35.5. The Morgan fingerprint density at radius 3 is 3.10 bits per heavy atom. The number of carbonyl (C=O) groups is 1. The lowest BCUT2D eigenvalue weighted by molar-refractivity contribution is -0.123. The van der Waals surface area contributed by atoms with Gasteiger partial charge in [-0.25, -0.2) is 0 Å². The summed E-state index contributed by atoms with van der Waals surface area (Å²) < 4.78 is 5.66. The summed E-state index contributed by atoms with van der Waals surface area (Å²) in [5, 5.41) is 15.8. The fourth-order valence-electron chi connectivity index (χ4n) is 2.10. The molecule has 1 heterocycles. The SMILES string of the molecule is CC(CNC(=O)C1CC(O)CN1)Oc1cccc(Cl)c1.